The predicted octanol–water partition coefficient (Wildman–Crippen LogP) is 1.89. The summed E-state index contributed by atoms with van der Waals surface area (Å²) in [6, 6.07) is 5.83. The van der Waals surface area contributed by atoms with Crippen molar-refractivity contribution in [2.24, 2.45) is 0 Å². The molecule has 0 saturated heterocycles. The number of hydrogen-bond acceptors (Lipinski definition) is 5. The minimum atomic E-state index is -0.00388. The molecule has 0 aliphatic rings. The Bertz CT molecular complexity index is 527. The molecule has 0 saturated carbocycles. The summed E-state index contributed by atoms with van der Waals surface area (Å²) in [4.78, 5) is 4.23. The average Bonchev–Trinajstić information content (AvgIpc) is 2.45. The van der Waals surface area contributed by atoms with Crippen molar-refractivity contribution in [1.82, 2.24) is 20.5 Å². The first-order valence-corrected chi connectivity index (χ1v) is 6.27. The minimum absolute atomic E-state index is 0.00388. The molecule has 19 heavy (non-hydrogen) atoms. The summed E-state index contributed by atoms with van der Waals surface area (Å²) < 4.78 is 5.03. The molecule has 0 radical (unpaired) electrons. The third kappa shape index (κ3) is 3.26. The number of pyridine rings is 1. The number of methoxy groups -OCH3 is 1. The van der Waals surface area contributed by atoms with Gasteiger partial charge in [0.15, 0.2) is 0 Å². The molecule has 0 fully saturated rings. The van der Waals surface area contributed by atoms with Gasteiger partial charge >= 0.3 is 0 Å². The van der Waals surface area contributed by atoms with Crippen LogP contribution in [0.25, 0.3) is 0 Å². The molecule has 0 aliphatic carbocycles. The van der Waals surface area contributed by atoms with Crippen LogP contribution in [0.5, 0.6) is 5.88 Å². The van der Waals surface area contributed by atoms with Gasteiger partial charge in [-0.1, -0.05) is 13.0 Å². The lowest BCUT2D eigenvalue weighted by Gasteiger charge is -2.17. The molecule has 100 valence electrons. The average molecular weight is 258 g/mol. The van der Waals surface area contributed by atoms with Crippen molar-refractivity contribution >= 4 is 0 Å². The van der Waals surface area contributed by atoms with Gasteiger partial charge in [-0.25, -0.2) is 0 Å². The number of aryl methyl sites for hydroxylation is 1. The van der Waals surface area contributed by atoms with E-state index in [1.165, 1.54) is 0 Å². The Kier molecular flexibility index (Phi) is 4.41. The molecule has 0 aliphatic heterocycles. The van der Waals surface area contributed by atoms with E-state index in [0.717, 1.165) is 23.4 Å². The second-order valence-electron chi connectivity index (χ2n) is 4.29. The second kappa shape index (κ2) is 6.24. The van der Waals surface area contributed by atoms with Gasteiger partial charge in [-0.2, -0.15) is 0 Å². The van der Waals surface area contributed by atoms with Gasteiger partial charge in [-0.15, -0.1) is 10.2 Å². The molecule has 2 rings (SSSR count). The molecule has 0 spiro atoms. The summed E-state index contributed by atoms with van der Waals surface area (Å²) in [5.74, 6) is 0.515. The van der Waals surface area contributed by atoms with Gasteiger partial charge < -0.3 is 10.1 Å². The van der Waals surface area contributed by atoms with E-state index >= 15 is 0 Å². The third-order valence-electron chi connectivity index (χ3n) is 2.80. The fourth-order valence-electron chi connectivity index (χ4n) is 1.93. The number of nitrogens with zero attached hydrogens (tertiary/aromatic N) is 3. The maximum absolute atomic E-state index is 5.03. The number of nitrogens with one attached hydrogen (secondary N) is 1. The first-order valence-electron chi connectivity index (χ1n) is 6.27. The largest absolute Gasteiger partial charge is 0.480 e. The van der Waals surface area contributed by atoms with Crippen molar-refractivity contribution in [2.75, 3.05) is 13.7 Å². The van der Waals surface area contributed by atoms with E-state index in [9.17, 15) is 0 Å². The molecule has 5 heteroatoms. The highest BCUT2D eigenvalue weighted by Gasteiger charge is 2.15. The van der Waals surface area contributed by atoms with Crippen LogP contribution in [-0.4, -0.2) is 28.8 Å². The smallest absolute Gasteiger partial charge is 0.233 e. The lowest BCUT2D eigenvalue weighted by Crippen LogP contribution is -2.23. The fraction of sp³-hybridized carbons (Fsp3) is 0.357. The zero-order chi connectivity index (χ0) is 13.7. The van der Waals surface area contributed by atoms with Gasteiger partial charge in [0.2, 0.25) is 5.88 Å². The molecule has 5 nitrogen and oxygen atoms in total. The number of aromatic nitrogens is 3. The van der Waals surface area contributed by atoms with Crippen LogP contribution in [0.4, 0.5) is 0 Å². The van der Waals surface area contributed by atoms with E-state index in [-0.39, 0.29) is 6.04 Å². The number of hydrogen-bond donors (Lipinski definition) is 1. The zero-order valence-corrected chi connectivity index (χ0v) is 11.4. The summed E-state index contributed by atoms with van der Waals surface area (Å²) in [6.45, 7) is 4.93. The van der Waals surface area contributed by atoms with E-state index in [1.807, 2.05) is 31.5 Å². The fourth-order valence-corrected chi connectivity index (χ4v) is 1.93. The van der Waals surface area contributed by atoms with Gasteiger partial charge in [0.05, 0.1) is 18.8 Å². The summed E-state index contributed by atoms with van der Waals surface area (Å²) in [5, 5.41) is 11.6. The normalized spacial score (nSPS) is 12.2. The second-order valence-corrected chi connectivity index (χ2v) is 4.29. The zero-order valence-electron chi connectivity index (χ0n) is 11.4. The van der Waals surface area contributed by atoms with Gasteiger partial charge in [0.25, 0.3) is 0 Å². The SMILES string of the molecule is CCNC(c1cncc(C)c1)c1ccc(OC)nn1. The van der Waals surface area contributed by atoms with Crippen molar-refractivity contribution in [2.45, 2.75) is 19.9 Å². The quantitative estimate of drug-likeness (QED) is 0.887. The highest BCUT2D eigenvalue weighted by atomic mass is 16.5. The Morgan fingerprint density at radius 1 is 1.26 bits per heavy atom. The molecular formula is C14H18N4O. The van der Waals surface area contributed by atoms with Gasteiger partial charge in [-0.05, 0) is 30.7 Å². The summed E-state index contributed by atoms with van der Waals surface area (Å²) in [6.07, 6.45) is 3.69. The molecule has 2 heterocycles. The van der Waals surface area contributed by atoms with E-state index < -0.39 is 0 Å². The van der Waals surface area contributed by atoms with Crippen molar-refractivity contribution < 1.29 is 4.74 Å². The Balaban J connectivity index is 2.33. The highest BCUT2D eigenvalue weighted by Crippen LogP contribution is 2.20. The molecule has 2 aromatic heterocycles. The van der Waals surface area contributed by atoms with Crippen LogP contribution in [0.1, 0.15) is 29.8 Å². The van der Waals surface area contributed by atoms with E-state index in [1.54, 1.807) is 7.11 Å². The Hall–Kier alpha value is -2.01. The van der Waals surface area contributed by atoms with Gasteiger partial charge in [0.1, 0.15) is 0 Å². The number of ether oxygens (including phenoxy) is 1. The predicted molar refractivity (Wildman–Crippen MR) is 73.1 cm³/mol. The standard InChI is InChI=1S/C14H18N4O/c1-4-16-14(11-7-10(2)8-15-9-11)12-5-6-13(19-3)18-17-12/h5-9,14,16H,4H2,1-3H3. The maximum atomic E-state index is 5.03. The molecule has 0 aromatic carbocycles. The van der Waals surface area contributed by atoms with Crippen LogP contribution in [0.15, 0.2) is 30.6 Å². The van der Waals surface area contributed by atoms with Crippen molar-refractivity contribution in [1.29, 1.82) is 0 Å². The maximum Gasteiger partial charge on any atom is 0.233 e. The summed E-state index contributed by atoms with van der Waals surface area (Å²) in [5.41, 5.74) is 3.07. The first kappa shape index (κ1) is 13.4. The molecule has 2 aromatic rings. The Morgan fingerprint density at radius 2 is 2.11 bits per heavy atom. The highest BCUT2D eigenvalue weighted by molar-refractivity contribution is 5.28. The van der Waals surface area contributed by atoms with E-state index in [2.05, 4.69) is 33.5 Å². The van der Waals surface area contributed by atoms with E-state index in [4.69, 9.17) is 4.74 Å². The van der Waals surface area contributed by atoms with Crippen molar-refractivity contribution in [3.05, 3.63) is 47.4 Å². The molecule has 0 bridgehead atoms. The van der Waals surface area contributed by atoms with Crippen molar-refractivity contribution in [3.63, 3.8) is 0 Å². The number of rotatable bonds is 5. The lowest BCUT2D eigenvalue weighted by molar-refractivity contribution is 0.390. The summed E-state index contributed by atoms with van der Waals surface area (Å²) >= 11 is 0. The third-order valence-corrected chi connectivity index (χ3v) is 2.80. The molecule has 1 N–H and O–H groups in total. The monoisotopic (exact) mass is 258 g/mol. The molecule has 0 amide bonds. The van der Waals surface area contributed by atoms with Crippen LogP contribution in [-0.2, 0) is 0 Å². The van der Waals surface area contributed by atoms with Crippen LogP contribution >= 0.6 is 0 Å². The van der Waals surface area contributed by atoms with Crippen LogP contribution in [0, 0.1) is 6.92 Å². The van der Waals surface area contributed by atoms with Crippen LogP contribution in [0.3, 0.4) is 0 Å². The van der Waals surface area contributed by atoms with Crippen molar-refractivity contribution in [3.8, 4) is 5.88 Å². The molecule has 1 atom stereocenters. The Morgan fingerprint density at radius 3 is 2.68 bits per heavy atom. The minimum Gasteiger partial charge on any atom is -0.480 e. The first-order chi connectivity index (χ1) is 9.24. The van der Waals surface area contributed by atoms with Gasteiger partial charge in [0, 0.05) is 18.5 Å². The van der Waals surface area contributed by atoms with Gasteiger partial charge in [-0.3, -0.25) is 4.98 Å². The molecular weight excluding hydrogens is 240 g/mol. The lowest BCUT2D eigenvalue weighted by atomic mass is 10.0. The van der Waals surface area contributed by atoms with E-state index in [0.29, 0.717) is 5.88 Å². The molecule has 1 unspecified atom stereocenters. The summed E-state index contributed by atoms with van der Waals surface area (Å²) in [7, 11) is 1.58. The Labute approximate surface area is 113 Å². The van der Waals surface area contributed by atoms with Crippen LogP contribution in [0.2, 0.25) is 0 Å². The van der Waals surface area contributed by atoms with Crippen LogP contribution < -0.4 is 10.1 Å². The topological polar surface area (TPSA) is 59.9 Å².